The van der Waals surface area contributed by atoms with Gasteiger partial charge in [-0.1, -0.05) is 123 Å². The number of fused-ring (bicyclic) bond motifs is 14. The molecule has 224 valence electrons. The Balaban J connectivity index is 1.29. The van der Waals surface area contributed by atoms with Crippen LogP contribution in [0.3, 0.4) is 0 Å². The van der Waals surface area contributed by atoms with Crippen molar-refractivity contribution >= 4 is 71.4 Å². The van der Waals surface area contributed by atoms with Crippen molar-refractivity contribution in [2.24, 2.45) is 0 Å². The van der Waals surface area contributed by atoms with Gasteiger partial charge in [-0.25, -0.2) is 0 Å². The molecule has 0 saturated carbocycles. The zero-order chi connectivity index (χ0) is 31.5. The van der Waals surface area contributed by atoms with Gasteiger partial charge in [0.05, 0.1) is 0 Å². The number of para-hydroxylation sites is 2. The summed E-state index contributed by atoms with van der Waals surface area (Å²) in [5, 5.41) is 5.55. The molecular weight excluding hydrogens is 597 g/mol. The molecule has 0 radical (unpaired) electrons. The largest absolute Gasteiger partial charge is 0.376 e. The second-order valence-corrected chi connectivity index (χ2v) is 15.8. The van der Waals surface area contributed by atoms with Crippen LogP contribution in [0, 0.1) is 0 Å². The maximum absolute atomic E-state index is 2.75. The summed E-state index contributed by atoms with van der Waals surface area (Å²) in [4.78, 5) is 2.75. The van der Waals surface area contributed by atoms with Gasteiger partial charge in [-0.05, 0) is 90.8 Å². The van der Waals surface area contributed by atoms with Gasteiger partial charge in [0.25, 0.3) is 0 Å². The number of hydrogen-bond donors (Lipinski definition) is 0. The lowest BCUT2D eigenvalue weighted by atomic mass is 9.38. The molecule has 7 aromatic carbocycles. The zero-order valence-electron chi connectivity index (χ0n) is 26.8. The van der Waals surface area contributed by atoms with Gasteiger partial charge in [0.1, 0.15) is 0 Å². The summed E-state index contributed by atoms with van der Waals surface area (Å²) in [6, 6.07) is 48.9. The second kappa shape index (κ2) is 8.67. The predicted octanol–water partition coefficient (Wildman–Crippen LogP) is 10.4. The maximum atomic E-state index is 2.75. The van der Waals surface area contributed by atoms with Gasteiger partial charge >= 0.3 is 6.85 Å². The summed E-state index contributed by atoms with van der Waals surface area (Å²) in [6.07, 6.45) is 1.02. The topological polar surface area (TPSA) is 3.24 Å². The number of anilines is 2. The molecular formula is C45H30BNS. The SMILES string of the molecule is CC1(C)c2ccccc2N2B3c4cccc5c4C(Cc4c-5ccc5ccccc45)c4cc5sc6ccccc6c5c(c43)-c3cccc1c32. The van der Waals surface area contributed by atoms with Gasteiger partial charge < -0.3 is 4.81 Å². The molecule has 4 aliphatic rings. The molecule has 3 aliphatic heterocycles. The maximum Gasteiger partial charge on any atom is 0.329 e. The zero-order valence-corrected chi connectivity index (χ0v) is 27.7. The van der Waals surface area contributed by atoms with Crippen LogP contribution in [0.25, 0.3) is 53.2 Å². The lowest BCUT2D eigenvalue weighted by Gasteiger charge is -2.51. The highest BCUT2D eigenvalue weighted by atomic mass is 32.1. The summed E-state index contributed by atoms with van der Waals surface area (Å²) in [6.45, 7) is 4.93. The summed E-state index contributed by atoms with van der Waals surface area (Å²) in [5.74, 6) is 0.301. The number of nitrogens with zero attached hydrogens (tertiary/aromatic N) is 1. The summed E-state index contributed by atoms with van der Waals surface area (Å²) < 4.78 is 2.79. The van der Waals surface area contributed by atoms with Gasteiger partial charge in [-0.3, -0.25) is 0 Å². The Hall–Kier alpha value is -5.12. The predicted molar refractivity (Wildman–Crippen MR) is 205 cm³/mol. The van der Waals surface area contributed by atoms with Crippen LogP contribution >= 0.6 is 11.3 Å². The molecule has 1 atom stereocenters. The molecule has 8 aromatic rings. The molecule has 3 heteroatoms. The molecule has 4 heterocycles. The van der Waals surface area contributed by atoms with E-state index < -0.39 is 0 Å². The Kier molecular flexibility index (Phi) is 4.68. The molecule has 0 amide bonds. The Morgan fingerprint density at radius 3 is 2.40 bits per heavy atom. The Labute approximate surface area is 284 Å². The van der Waals surface area contributed by atoms with E-state index in [1.165, 1.54) is 103 Å². The Bertz CT molecular complexity index is 2770. The van der Waals surface area contributed by atoms with Gasteiger partial charge in [-0.15, -0.1) is 11.3 Å². The van der Waals surface area contributed by atoms with Crippen molar-refractivity contribution in [3.05, 3.63) is 155 Å². The molecule has 1 unspecified atom stereocenters. The highest BCUT2D eigenvalue weighted by Crippen LogP contribution is 2.58. The summed E-state index contributed by atoms with van der Waals surface area (Å²) >= 11 is 1.97. The monoisotopic (exact) mass is 627 g/mol. The van der Waals surface area contributed by atoms with E-state index in [9.17, 15) is 0 Å². The minimum atomic E-state index is -0.114. The van der Waals surface area contributed by atoms with Crippen LogP contribution in [0.2, 0.25) is 0 Å². The van der Waals surface area contributed by atoms with E-state index in [1.807, 2.05) is 11.3 Å². The molecule has 1 aromatic heterocycles. The standard InChI is InChI=1S/C45H30BNS/c1-45(2)34-16-6-7-19-37(34)47-44-30(15-9-17-35(44)45)42-41-29-13-5-8-20-38(29)48-39(41)24-33-32-23-31-26-12-4-3-11-25(26)21-22-27(31)28-14-10-18-36(40(28)32)46(47)43(33)42/h3-22,24,32H,23H2,1-2H3. The van der Waals surface area contributed by atoms with Crippen molar-refractivity contribution in [2.45, 2.75) is 31.6 Å². The minimum absolute atomic E-state index is 0.0946. The van der Waals surface area contributed by atoms with Crippen LogP contribution in [0.1, 0.15) is 47.6 Å². The Morgan fingerprint density at radius 2 is 1.46 bits per heavy atom. The van der Waals surface area contributed by atoms with Gasteiger partial charge in [0.15, 0.2) is 0 Å². The third-order valence-corrected chi connectivity index (χ3v) is 13.3. The third kappa shape index (κ3) is 2.93. The highest BCUT2D eigenvalue weighted by molar-refractivity contribution is 7.26. The van der Waals surface area contributed by atoms with Gasteiger partial charge in [0, 0.05) is 48.4 Å². The molecule has 0 spiro atoms. The molecule has 0 N–H and O–H groups in total. The molecule has 1 aliphatic carbocycles. The lowest BCUT2D eigenvalue weighted by molar-refractivity contribution is 0.634. The summed E-state index contributed by atoms with van der Waals surface area (Å²) in [7, 11) is 0. The molecule has 0 bridgehead atoms. The van der Waals surface area contributed by atoms with Crippen molar-refractivity contribution in [2.75, 3.05) is 4.81 Å². The first-order valence-corrected chi connectivity index (χ1v) is 18.1. The molecule has 0 saturated heterocycles. The van der Waals surface area contributed by atoms with Crippen LogP contribution < -0.4 is 15.7 Å². The van der Waals surface area contributed by atoms with E-state index in [4.69, 9.17) is 0 Å². The quantitative estimate of drug-likeness (QED) is 0.151. The minimum Gasteiger partial charge on any atom is -0.376 e. The van der Waals surface area contributed by atoms with Crippen molar-refractivity contribution < 1.29 is 0 Å². The van der Waals surface area contributed by atoms with Crippen molar-refractivity contribution in [3.8, 4) is 22.3 Å². The van der Waals surface area contributed by atoms with Crippen LogP contribution in [-0.4, -0.2) is 6.85 Å². The fourth-order valence-corrected chi connectivity index (χ4v) is 11.5. The number of thiophene rings is 1. The highest BCUT2D eigenvalue weighted by Gasteiger charge is 2.51. The van der Waals surface area contributed by atoms with E-state index >= 15 is 0 Å². The van der Waals surface area contributed by atoms with E-state index in [0.29, 0.717) is 5.92 Å². The fraction of sp³-hybridized carbons (Fsp3) is 0.111. The van der Waals surface area contributed by atoms with Crippen LogP contribution in [0.4, 0.5) is 11.4 Å². The van der Waals surface area contributed by atoms with Gasteiger partial charge in [-0.2, -0.15) is 0 Å². The van der Waals surface area contributed by atoms with Crippen molar-refractivity contribution in [3.63, 3.8) is 0 Å². The normalized spacial score (nSPS) is 17.2. The molecule has 0 fully saturated rings. The second-order valence-electron chi connectivity index (χ2n) is 14.7. The first kappa shape index (κ1) is 25.9. The van der Waals surface area contributed by atoms with E-state index in [2.05, 4.69) is 146 Å². The molecule has 12 rings (SSSR count). The van der Waals surface area contributed by atoms with Gasteiger partial charge in [0.2, 0.25) is 0 Å². The first-order chi connectivity index (χ1) is 23.6. The molecule has 48 heavy (non-hydrogen) atoms. The van der Waals surface area contributed by atoms with Crippen molar-refractivity contribution in [1.29, 1.82) is 0 Å². The van der Waals surface area contributed by atoms with Crippen LogP contribution in [-0.2, 0) is 11.8 Å². The molecule has 1 nitrogen and oxygen atoms in total. The third-order valence-electron chi connectivity index (χ3n) is 12.2. The van der Waals surface area contributed by atoms with E-state index in [0.717, 1.165) is 6.42 Å². The smallest absolute Gasteiger partial charge is 0.329 e. The number of hydrogen-bond acceptors (Lipinski definition) is 2. The Morgan fingerprint density at radius 1 is 0.688 bits per heavy atom. The van der Waals surface area contributed by atoms with E-state index in [1.54, 1.807) is 0 Å². The first-order valence-electron chi connectivity index (χ1n) is 17.2. The average Bonchev–Trinajstić information content (AvgIpc) is 3.50. The van der Waals surface area contributed by atoms with Crippen LogP contribution in [0.5, 0.6) is 0 Å². The fourth-order valence-electron chi connectivity index (χ4n) is 10.3. The van der Waals surface area contributed by atoms with Crippen LogP contribution in [0.15, 0.2) is 127 Å². The average molecular weight is 628 g/mol. The lowest BCUT2D eigenvalue weighted by Crippen LogP contribution is -2.63. The van der Waals surface area contributed by atoms with E-state index in [-0.39, 0.29) is 12.3 Å². The van der Waals surface area contributed by atoms with Crippen molar-refractivity contribution in [1.82, 2.24) is 0 Å². The number of rotatable bonds is 0. The number of benzene rings is 7. The summed E-state index contributed by atoms with van der Waals surface area (Å²) in [5.41, 5.74) is 18.7.